The van der Waals surface area contributed by atoms with Gasteiger partial charge in [-0.15, -0.1) is 0 Å². The van der Waals surface area contributed by atoms with Crippen LogP contribution in [-0.2, 0) is 13.3 Å². The van der Waals surface area contributed by atoms with E-state index < -0.39 is 8.80 Å². The van der Waals surface area contributed by atoms with E-state index in [4.69, 9.17) is 13.3 Å². The van der Waals surface area contributed by atoms with Crippen LogP contribution in [0.4, 0.5) is 0 Å². The highest BCUT2D eigenvalue weighted by Crippen LogP contribution is 2.19. The minimum atomic E-state index is -2.33. The van der Waals surface area contributed by atoms with Crippen LogP contribution < -0.4 is 0 Å². The van der Waals surface area contributed by atoms with Crippen LogP contribution in [0.25, 0.3) is 0 Å². The molecule has 0 fully saturated rings. The summed E-state index contributed by atoms with van der Waals surface area (Å²) in [6.07, 6.45) is 25.2. The molecule has 0 rings (SSSR count). The van der Waals surface area contributed by atoms with E-state index in [1.54, 1.807) is 21.3 Å². The molecule has 0 aromatic carbocycles. The van der Waals surface area contributed by atoms with Crippen molar-refractivity contribution in [2.45, 2.75) is 122 Å². The van der Waals surface area contributed by atoms with Crippen molar-refractivity contribution in [1.29, 1.82) is 0 Å². The summed E-state index contributed by atoms with van der Waals surface area (Å²) in [7, 11) is 2.77. The molecule has 170 valence electrons. The summed E-state index contributed by atoms with van der Waals surface area (Å²) in [5.74, 6) is 0. The zero-order chi connectivity index (χ0) is 20.8. The van der Waals surface area contributed by atoms with E-state index in [1.165, 1.54) is 114 Å². The van der Waals surface area contributed by atoms with Crippen LogP contribution in [0.15, 0.2) is 0 Å². The standard InChI is InChI=1S/C23H49BrO3Si/c1-25-28(26-2,27-3)23-21-19-17-15-13-11-9-7-5-4-6-8-10-12-14-16-18-20-22-24/h4-23H2,1-3H3. The van der Waals surface area contributed by atoms with Crippen molar-refractivity contribution in [3.8, 4) is 0 Å². The SMILES string of the molecule is CO[Si](CCCCCCCCCCCCCCCCCCCCBr)(OC)OC. The molecule has 28 heavy (non-hydrogen) atoms. The molecule has 0 spiro atoms. The lowest BCUT2D eigenvalue weighted by Gasteiger charge is -2.24. The molecule has 0 aliphatic rings. The van der Waals surface area contributed by atoms with Crippen molar-refractivity contribution in [2.24, 2.45) is 0 Å². The fraction of sp³-hybridized carbons (Fsp3) is 1.00. The van der Waals surface area contributed by atoms with Crippen molar-refractivity contribution in [1.82, 2.24) is 0 Å². The first-order chi connectivity index (χ1) is 13.7. The zero-order valence-corrected chi connectivity index (χ0v) is 21.8. The van der Waals surface area contributed by atoms with Crippen LogP contribution in [0.5, 0.6) is 0 Å². The highest BCUT2D eigenvalue weighted by Gasteiger charge is 2.36. The van der Waals surface area contributed by atoms with Gasteiger partial charge in [-0.2, -0.15) is 0 Å². The quantitative estimate of drug-likeness (QED) is 0.0835. The lowest BCUT2D eigenvalue weighted by atomic mass is 10.0. The molecule has 0 unspecified atom stereocenters. The average Bonchev–Trinajstić information content (AvgIpc) is 2.73. The summed E-state index contributed by atoms with van der Waals surface area (Å²) >= 11 is 3.50. The lowest BCUT2D eigenvalue weighted by molar-refractivity contribution is 0.122. The topological polar surface area (TPSA) is 27.7 Å². The van der Waals surface area contributed by atoms with Gasteiger partial charge in [-0.25, -0.2) is 0 Å². The first-order valence-electron chi connectivity index (χ1n) is 12.0. The predicted octanol–water partition coefficient (Wildman–Crippen LogP) is 8.28. The Bertz CT molecular complexity index is 293. The molecule has 0 amide bonds. The maximum absolute atomic E-state index is 5.47. The van der Waals surface area contributed by atoms with E-state index in [1.807, 2.05) is 0 Å². The molecule has 0 aromatic rings. The van der Waals surface area contributed by atoms with Crippen LogP contribution in [-0.4, -0.2) is 35.5 Å². The van der Waals surface area contributed by atoms with Crippen molar-refractivity contribution >= 4 is 24.7 Å². The predicted molar refractivity (Wildman–Crippen MR) is 128 cm³/mol. The van der Waals surface area contributed by atoms with E-state index in [9.17, 15) is 0 Å². The number of hydrogen-bond donors (Lipinski definition) is 0. The fourth-order valence-corrected chi connectivity index (χ4v) is 6.01. The second kappa shape index (κ2) is 22.3. The third kappa shape index (κ3) is 17.4. The Labute approximate surface area is 186 Å². The lowest BCUT2D eigenvalue weighted by Crippen LogP contribution is -2.42. The number of unbranched alkanes of at least 4 members (excludes halogenated alkanes) is 17. The number of rotatable bonds is 23. The third-order valence-electron chi connectivity index (χ3n) is 5.80. The molecular formula is C23H49BrO3Si. The minimum absolute atomic E-state index is 0.938. The molecule has 0 saturated heterocycles. The molecule has 0 aliphatic heterocycles. The summed E-state index contributed by atoms with van der Waals surface area (Å²) in [6.45, 7) is 0. The van der Waals surface area contributed by atoms with Gasteiger partial charge in [0.15, 0.2) is 0 Å². The number of hydrogen-bond acceptors (Lipinski definition) is 3. The van der Waals surface area contributed by atoms with Gasteiger partial charge < -0.3 is 13.3 Å². The summed E-state index contributed by atoms with van der Waals surface area (Å²) in [6, 6.07) is 0.938. The van der Waals surface area contributed by atoms with E-state index in [0.29, 0.717) is 0 Å². The fourth-order valence-electron chi connectivity index (χ4n) is 3.82. The Morgan fingerprint density at radius 3 is 0.929 bits per heavy atom. The third-order valence-corrected chi connectivity index (χ3v) is 9.19. The highest BCUT2D eigenvalue weighted by molar-refractivity contribution is 9.09. The molecule has 0 atom stereocenters. The number of halogens is 1. The summed E-state index contributed by atoms with van der Waals surface area (Å²) in [4.78, 5) is 0. The van der Waals surface area contributed by atoms with E-state index in [0.717, 1.165) is 12.5 Å². The van der Waals surface area contributed by atoms with Gasteiger partial charge in [-0.05, 0) is 12.8 Å². The molecule has 5 heteroatoms. The molecule has 0 bridgehead atoms. The van der Waals surface area contributed by atoms with E-state index >= 15 is 0 Å². The van der Waals surface area contributed by atoms with Gasteiger partial charge in [-0.1, -0.05) is 119 Å². The second-order valence-corrected chi connectivity index (χ2v) is 12.0. The van der Waals surface area contributed by atoms with Gasteiger partial charge in [0.2, 0.25) is 0 Å². The number of alkyl halides is 1. The van der Waals surface area contributed by atoms with Crippen LogP contribution >= 0.6 is 15.9 Å². The van der Waals surface area contributed by atoms with E-state index in [2.05, 4.69) is 15.9 Å². The van der Waals surface area contributed by atoms with Gasteiger partial charge in [-0.3, -0.25) is 0 Å². The van der Waals surface area contributed by atoms with E-state index in [-0.39, 0.29) is 0 Å². The smallest absolute Gasteiger partial charge is 0.377 e. The molecule has 0 aliphatic carbocycles. The summed E-state index contributed by atoms with van der Waals surface area (Å²) in [5.41, 5.74) is 0. The van der Waals surface area contributed by atoms with Gasteiger partial charge >= 0.3 is 8.80 Å². The Kier molecular flexibility index (Phi) is 22.7. The first kappa shape index (κ1) is 28.6. The zero-order valence-electron chi connectivity index (χ0n) is 19.2. The Morgan fingerprint density at radius 2 is 0.679 bits per heavy atom. The van der Waals surface area contributed by atoms with Crippen LogP contribution in [0, 0.1) is 0 Å². The average molecular weight is 482 g/mol. The Balaban J connectivity index is 3.18. The van der Waals surface area contributed by atoms with Gasteiger partial charge in [0, 0.05) is 32.7 Å². The largest absolute Gasteiger partial charge is 0.500 e. The highest BCUT2D eigenvalue weighted by atomic mass is 79.9. The van der Waals surface area contributed by atoms with Gasteiger partial charge in [0.1, 0.15) is 0 Å². The molecule has 0 saturated carbocycles. The summed E-state index contributed by atoms with van der Waals surface area (Å²) < 4.78 is 16.4. The second-order valence-electron chi connectivity index (χ2n) is 8.10. The maximum atomic E-state index is 5.47. The van der Waals surface area contributed by atoms with Gasteiger partial charge in [0.25, 0.3) is 0 Å². The molecule has 0 aromatic heterocycles. The monoisotopic (exact) mass is 480 g/mol. The molecular weight excluding hydrogens is 432 g/mol. The Morgan fingerprint density at radius 1 is 0.429 bits per heavy atom. The molecule has 0 radical (unpaired) electrons. The van der Waals surface area contributed by atoms with Crippen LogP contribution in [0.2, 0.25) is 6.04 Å². The van der Waals surface area contributed by atoms with Crippen molar-refractivity contribution in [3.05, 3.63) is 0 Å². The molecule has 0 N–H and O–H groups in total. The maximum Gasteiger partial charge on any atom is 0.500 e. The molecule has 0 heterocycles. The van der Waals surface area contributed by atoms with Crippen LogP contribution in [0.3, 0.4) is 0 Å². The summed E-state index contributed by atoms with van der Waals surface area (Å²) in [5, 5.41) is 1.17. The van der Waals surface area contributed by atoms with Crippen LogP contribution in [0.1, 0.15) is 116 Å². The van der Waals surface area contributed by atoms with Crippen molar-refractivity contribution in [3.63, 3.8) is 0 Å². The first-order valence-corrected chi connectivity index (χ1v) is 15.0. The minimum Gasteiger partial charge on any atom is -0.377 e. The normalized spacial score (nSPS) is 12.0. The van der Waals surface area contributed by atoms with Crippen molar-refractivity contribution in [2.75, 3.05) is 26.7 Å². The Hall–Kier alpha value is 0.577. The molecule has 3 nitrogen and oxygen atoms in total. The van der Waals surface area contributed by atoms with Crippen molar-refractivity contribution < 1.29 is 13.3 Å². The van der Waals surface area contributed by atoms with Gasteiger partial charge in [0.05, 0.1) is 0 Å².